The molecule has 0 spiro atoms. The third-order valence-electron chi connectivity index (χ3n) is 9.36. The molecule has 2 bridgehead atoms. The molecule has 0 aliphatic carbocycles. The Kier molecular flexibility index (Phi) is 7.52. The number of hydrogen-bond donors (Lipinski definition) is 2. The predicted octanol–water partition coefficient (Wildman–Crippen LogP) is 7.06. The highest BCUT2D eigenvalue weighted by molar-refractivity contribution is 5.84. The van der Waals surface area contributed by atoms with Crippen molar-refractivity contribution in [3.8, 4) is 11.5 Å². The SMILES string of the molecule is C=C[C@H]1CN2CC[C@H]1C[C@]2(CNCc1cc(C(C)(C)C)cc(C(C)(C)C)c1O)c1ccnc2ccc(OC)cc12. The van der Waals surface area contributed by atoms with Crippen LogP contribution in [0.1, 0.15) is 76.6 Å². The summed E-state index contributed by atoms with van der Waals surface area (Å²) in [5.74, 6) is 2.39. The quantitative estimate of drug-likeness (QED) is 0.314. The van der Waals surface area contributed by atoms with Crippen LogP contribution in [-0.4, -0.2) is 41.7 Å². The summed E-state index contributed by atoms with van der Waals surface area (Å²) in [6.07, 6.45) is 6.38. The van der Waals surface area contributed by atoms with Gasteiger partial charge in [0.05, 0.1) is 18.2 Å². The first-order chi connectivity index (χ1) is 18.9. The molecule has 4 atom stereocenters. The molecule has 40 heavy (non-hydrogen) atoms. The molecular weight excluding hydrogens is 494 g/mol. The second-order valence-corrected chi connectivity index (χ2v) is 14.0. The topological polar surface area (TPSA) is 57.6 Å². The van der Waals surface area contributed by atoms with Gasteiger partial charge in [0.1, 0.15) is 11.5 Å². The number of fused-ring (bicyclic) bond motifs is 4. The van der Waals surface area contributed by atoms with E-state index in [0.717, 1.165) is 53.8 Å². The molecule has 1 unspecified atom stereocenters. The maximum atomic E-state index is 11.4. The summed E-state index contributed by atoms with van der Waals surface area (Å²) in [6.45, 7) is 20.9. The zero-order chi connectivity index (χ0) is 28.9. The van der Waals surface area contributed by atoms with E-state index in [-0.39, 0.29) is 16.4 Å². The molecule has 6 rings (SSSR count). The van der Waals surface area contributed by atoms with Crippen molar-refractivity contribution in [1.82, 2.24) is 15.2 Å². The third-order valence-corrected chi connectivity index (χ3v) is 9.36. The van der Waals surface area contributed by atoms with Gasteiger partial charge in [-0.25, -0.2) is 0 Å². The molecule has 0 saturated carbocycles. The van der Waals surface area contributed by atoms with E-state index in [4.69, 9.17) is 9.72 Å². The Hall–Kier alpha value is -2.89. The lowest BCUT2D eigenvalue weighted by Gasteiger charge is -2.57. The fraction of sp³-hybridized carbons (Fsp3) is 0.514. The Labute approximate surface area is 240 Å². The first-order valence-electron chi connectivity index (χ1n) is 14.8. The molecule has 3 aromatic rings. The molecule has 2 aromatic carbocycles. The highest BCUT2D eigenvalue weighted by Crippen LogP contribution is 2.49. The molecule has 1 aromatic heterocycles. The van der Waals surface area contributed by atoms with Crippen LogP contribution in [0.2, 0.25) is 0 Å². The van der Waals surface area contributed by atoms with Crippen molar-refractivity contribution in [1.29, 1.82) is 0 Å². The summed E-state index contributed by atoms with van der Waals surface area (Å²) in [7, 11) is 1.72. The lowest BCUT2D eigenvalue weighted by atomic mass is 9.66. The van der Waals surface area contributed by atoms with Gasteiger partial charge in [0, 0.05) is 36.8 Å². The molecule has 4 heterocycles. The maximum absolute atomic E-state index is 11.4. The van der Waals surface area contributed by atoms with Crippen molar-refractivity contribution in [2.24, 2.45) is 11.8 Å². The molecule has 2 N–H and O–H groups in total. The number of aromatic nitrogens is 1. The first kappa shape index (κ1) is 28.6. The number of piperidine rings is 3. The number of methoxy groups -OCH3 is 1. The number of ether oxygens (including phenoxy) is 1. The monoisotopic (exact) mass is 541 g/mol. The normalized spacial score (nSPS) is 24.8. The van der Waals surface area contributed by atoms with E-state index in [1.165, 1.54) is 17.5 Å². The first-order valence-corrected chi connectivity index (χ1v) is 14.8. The summed E-state index contributed by atoms with van der Waals surface area (Å²) in [4.78, 5) is 7.37. The van der Waals surface area contributed by atoms with Crippen LogP contribution in [0.3, 0.4) is 0 Å². The Morgan fingerprint density at radius 3 is 2.52 bits per heavy atom. The Bertz CT molecular complexity index is 1400. The number of benzene rings is 2. The van der Waals surface area contributed by atoms with Crippen LogP contribution in [0.4, 0.5) is 0 Å². The van der Waals surface area contributed by atoms with Gasteiger partial charge in [-0.1, -0.05) is 59.8 Å². The fourth-order valence-corrected chi connectivity index (χ4v) is 6.96. The summed E-state index contributed by atoms with van der Waals surface area (Å²) < 4.78 is 5.63. The molecule has 5 heteroatoms. The van der Waals surface area contributed by atoms with Gasteiger partial charge in [0.25, 0.3) is 0 Å². The number of rotatable bonds is 7. The van der Waals surface area contributed by atoms with Gasteiger partial charge in [-0.05, 0) is 83.0 Å². The zero-order valence-corrected chi connectivity index (χ0v) is 25.5. The zero-order valence-electron chi connectivity index (χ0n) is 25.5. The number of aromatic hydroxyl groups is 1. The number of nitrogens with one attached hydrogen (secondary N) is 1. The van der Waals surface area contributed by atoms with E-state index in [9.17, 15) is 5.11 Å². The standard InChI is InChI=1S/C35H47N3O2/c1-9-23-21-38-15-13-24(23)19-35(38,29-12-14-37-31-11-10-27(40-8)18-28(29)31)22-36-20-25-16-26(33(2,3)4)17-30(32(25)39)34(5,6)7/h9-12,14,16-18,23-24,36,39H,1,13,15,19-22H2,2-8H3/t23-,24-,35-/m0/s1. The van der Waals surface area contributed by atoms with Crippen LogP contribution in [0.25, 0.3) is 10.9 Å². The van der Waals surface area contributed by atoms with Gasteiger partial charge in [0.15, 0.2) is 0 Å². The largest absolute Gasteiger partial charge is 0.507 e. The van der Waals surface area contributed by atoms with E-state index in [0.29, 0.717) is 24.1 Å². The lowest BCUT2D eigenvalue weighted by molar-refractivity contribution is -0.0548. The van der Waals surface area contributed by atoms with Crippen molar-refractivity contribution in [3.05, 3.63) is 77.5 Å². The van der Waals surface area contributed by atoms with Crippen molar-refractivity contribution < 1.29 is 9.84 Å². The van der Waals surface area contributed by atoms with E-state index >= 15 is 0 Å². The van der Waals surface area contributed by atoms with Gasteiger partial charge >= 0.3 is 0 Å². The van der Waals surface area contributed by atoms with E-state index < -0.39 is 0 Å². The smallest absolute Gasteiger partial charge is 0.123 e. The average molecular weight is 542 g/mol. The Morgan fingerprint density at radius 1 is 1.12 bits per heavy atom. The minimum Gasteiger partial charge on any atom is -0.507 e. The van der Waals surface area contributed by atoms with Crippen LogP contribution in [0, 0.1) is 11.8 Å². The number of nitrogens with zero attached hydrogens (tertiary/aromatic N) is 2. The van der Waals surface area contributed by atoms with Crippen molar-refractivity contribution in [2.75, 3.05) is 26.7 Å². The molecule has 3 fully saturated rings. The third kappa shape index (κ3) is 5.14. The molecular formula is C35H47N3O2. The number of pyridine rings is 1. The van der Waals surface area contributed by atoms with Crippen molar-refractivity contribution in [3.63, 3.8) is 0 Å². The second kappa shape index (κ2) is 10.5. The molecule has 0 radical (unpaired) electrons. The highest BCUT2D eigenvalue weighted by Gasteiger charge is 2.50. The molecule has 3 aliphatic rings. The fourth-order valence-electron chi connectivity index (χ4n) is 6.96. The number of phenolic OH excluding ortho intramolecular Hbond substituents is 1. The van der Waals surface area contributed by atoms with Crippen molar-refractivity contribution >= 4 is 10.9 Å². The Morgan fingerprint density at radius 2 is 1.90 bits per heavy atom. The molecule has 0 amide bonds. The van der Waals surface area contributed by atoms with Gasteiger partial charge in [-0.3, -0.25) is 9.88 Å². The van der Waals surface area contributed by atoms with Gasteiger partial charge in [-0.15, -0.1) is 6.58 Å². The molecule has 214 valence electrons. The predicted molar refractivity (Wildman–Crippen MR) is 165 cm³/mol. The van der Waals surface area contributed by atoms with E-state index in [1.54, 1.807) is 7.11 Å². The minimum atomic E-state index is -0.180. The van der Waals surface area contributed by atoms with E-state index in [1.807, 2.05) is 12.3 Å². The summed E-state index contributed by atoms with van der Waals surface area (Å²) in [5, 5.41) is 16.4. The molecule has 3 saturated heterocycles. The average Bonchev–Trinajstić information content (AvgIpc) is 2.92. The van der Waals surface area contributed by atoms with Crippen LogP contribution < -0.4 is 10.1 Å². The summed E-state index contributed by atoms with van der Waals surface area (Å²) in [6, 6.07) is 12.8. The van der Waals surface area contributed by atoms with Crippen LogP contribution in [-0.2, 0) is 22.9 Å². The van der Waals surface area contributed by atoms with Crippen LogP contribution in [0.15, 0.2) is 55.3 Å². The second-order valence-electron chi connectivity index (χ2n) is 14.0. The van der Waals surface area contributed by atoms with Crippen LogP contribution >= 0.6 is 0 Å². The van der Waals surface area contributed by atoms with Gasteiger partial charge in [0.2, 0.25) is 0 Å². The van der Waals surface area contributed by atoms with Gasteiger partial charge in [-0.2, -0.15) is 0 Å². The van der Waals surface area contributed by atoms with Gasteiger partial charge < -0.3 is 15.2 Å². The summed E-state index contributed by atoms with van der Waals surface area (Å²) in [5.41, 5.74) is 5.19. The highest BCUT2D eigenvalue weighted by atomic mass is 16.5. The van der Waals surface area contributed by atoms with E-state index in [2.05, 4.69) is 94.7 Å². The van der Waals surface area contributed by atoms with Crippen LogP contribution in [0.5, 0.6) is 11.5 Å². The van der Waals surface area contributed by atoms with Crippen molar-refractivity contribution in [2.45, 2.75) is 77.3 Å². The minimum absolute atomic E-state index is 0.00733. The number of phenols is 1. The number of hydrogen-bond acceptors (Lipinski definition) is 5. The molecule has 3 aliphatic heterocycles. The molecule has 5 nitrogen and oxygen atoms in total. The maximum Gasteiger partial charge on any atom is 0.123 e. The summed E-state index contributed by atoms with van der Waals surface area (Å²) >= 11 is 0. The lowest BCUT2D eigenvalue weighted by Crippen LogP contribution is -2.62. The Balaban J connectivity index is 1.54.